The summed E-state index contributed by atoms with van der Waals surface area (Å²) in [4.78, 5) is 19.0. The molecule has 168 valence electrons. The number of ether oxygens (including phenoxy) is 1. The van der Waals surface area contributed by atoms with E-state index in [1.165, 1.54) is 4.31 Å². The molecule has 4 rings (SSSR count). The lowest BCUT2D eigenvalue weighted by atomic mass is 9.98. The molecule has 0 aliphatic carbocycles. The third-order valence-corrected chi connectivity index (χ3v) is 7.92. The van der Waals surface area contributed by atoms with Gasteiger partial charge in [-0.1, -0.05) is 18.2 Å². The molecule has 0 radical (unpaired) electrons. The normalized spacial score (nSPS) is 21.7. The molecule has 1 amide bonds. The van der Waals surface area contributed by atoms with Gasteiger partial charge in [-0.3, -0.25) is 4.79 Å². The zero-order chi connectivity index (χ0) is 21.8. The number of rotatable bonds is 6. The molecule has 1 aromatic heterocycles. The zero-order valence-corrected chi connectivity index (χ0v) is 18.6. The van der Waals surface area contributed by atoms with Crippen LogP contribution in [0.4, 0.5) is 0 Å². The second-order valence-corrected chi connectivity index (χ2v) is 10.3. The maximum atomic E-state index is 12.8. The Morgan fingerprint density at radius 3 is 2.87 bits per heavy atom. The molecule has 2 fully saturated rings. The molecular weight excluding hydrogens is 418 g/mol. The highest BCUT2D eigenvalue weighted by Crippen LogP contribution is 2.28. The highest BCUT2D eigenvalue weighted by Gasteiger charge is 2.32. The van der Waals surface area contributed by atoms with Crippen molar-refractivity contribution in [2.24, 2.45) is 0 Å². The van der Waals surface area contributed by atoms with Crippen LogP contribution in [0.5, 0.6) is 5.75 Å². The van der Waals surface area contributed by atoms with Crippen LogP contribution in [0.15, 0.2) is 34.9 Å². The fourth-order valence-corrected chi connectivity index (χ4v) is 5.85. The number of benzene rings is 1. The van der Waals surface area contributed by atoms with Crippen molar-refractivity contribution in [2.75, 3.05) is 39.0 Å². The maximum absolute atomic E-state index is 12.8. The van der Waals surface area contributed by atoms with E-state index in [9.17, 15) is 13.2 Å². The lowest BCUT2D eigenvalue weighted by Crippen LogP contribution is -2.48. The number of methoxy groups -OCH3 is 1. The third-order valence-electron chi connectivity index (χ3n) is 6.02. The predicted octanol–water partition coefficient (Wildman–Crippen LogP) is 2.41. The minimum atomic E-state index is -3.31. The van der Waals surface area contributed by atoms with Crippen molar-refractivity contribution in [1.82, 2.24) is 14.2 Å². The molecule has 1 aromatic carbocycles. The number of hydrogen-bond donors (Lipinski definition) is 0. The molecular formula is C22H29N3O5S. The number of aromatic nitrogens is 1. The number of oxazole rings is 1. The van der Waals surface area contributed by atoms with Gasteiger partial charge < -0.3 is 14.1 Å². The summed E-state index contributed by atoms with van der Waals surface area (Å²) in [5, 5.41) is 0. The number of amides is 1. The number of carbonyl (C=O) groups is 1. The lowest BCUT2D eigenvalue weighted by molar-refractivity contribution is -0.132. The summed E-state index contributed by atoms with van der Waals surface area (Å²) in [5.41, 5.74) is 1.02. The first kappa shape index (κ1) is 21.8. The fourth-order valence-electron chi connectivity index (χ4n) is 4.30. The molecule has 2 saturated heterocycles. The summed E-state index contributed by atoms with van der Waals surface area (Å²) in [6.07, 6.45) is 5.52. The van der Waals surface area contributed by atoms with E-state index >= 15 is 0 Å². The van der Waals surface area contributed by atoms with E-state index in [0.29, 0.717) is 38.4 Å². The van der Waals surface area contributed by atoms with Crippen molar-refractivity contribution < 1.29 is 22.4 Å². The topological polar surface area (TPSA) is 93.0 Å². The van der Waals surface area contributed by atoms with E-state index in [4.69, 9.17) is 9.15 Å². The standard InChI is InChI=1S/C22H29N3O5S/c1-29-20-9-3-2-7-17(20)13-19-14-23-22(30-19)18-8-6-10-24(15-18)21(26)16-25-11-4-5-12-31(25,27)28/h2-3,7,9,14,18H,4-6,8,10-13,15-16H2,1H3. The van der Waals surface area contributed by atoms with Crippen LogP contribution < -0.4 is 4.74 Å². The average Bonchev–Trinajstić information content (AvgIpc) is 3.24. The third kappa shape index (κ3) is 5.10. The molecule has 31 heavy (non-hydrogen) atoms. The summed E-state index contributed by atoms with van der Waals surface area (Å²) >= 11 is 0. The molecule has 0 spiro atoms. The van der Waals surface area contributed by atoms with Crippen molar-refractivity contribution in [3.63, 3.8) is 0 Å². The first-order valence-corrected chi connectivity index (χ1v) is 12.4. The van der Waals surface area contributed by atoms with Crippen LogP contribution in [0, 0.1) is 0 Å². The van der Waals surface area contributed by atoms with Crippen LogP contribution >= 0.6 is 0 Å². The van der Waals surface area contributed by atoms with E-state index in [1.54, 1.807) is 18.2 Å². The van der Waals surface area contributed by atoms with E-state index in [1.807, 2.05) is 24.3 Å². The van der Waals surface area contributed by atoms with Crippen LogP contribution in [-0.2, 0) is 21.2 Å². The van der Waals surface area contributed by atoms with E-state index in [2.05, 4.69) is 4.98 Å². The number of likely N-dealkylation sites (tertiary alicyclic amines) is 1. The molecule has 9 heteroatoms. The Morgan fingerprint density at radius 2 is 2.06 bits per heavy atom. The number of nitrogens with zero attached hydrogens (tertiary/aromatic N) is 3. The second-order valence-electron chi connectivity index (χ2n) is 8.19. The van der Waals surface area contributed by atoms with Gasteiger partial charge in [0.25, 0.3) is 0 Å². The first-order chi connectivity index (χ1) is 15.0. The Kier molecular flexibility index (Phi) is 6.62. The van der Waals surface area contributed by atoms with Gasteiger partial charge in [-0.05, 0) is 31.7 Å². The maximum Gasteiger partial charge on any atom is 0.237 e. The van der Waals surface area contributed by atoms with Gasteiger partial charge in [0.15, 0.2) is 5.89 Å². The van der Waals surface area contributed by atoms with E-state index in [0.717, 1.165) is 36.3 Å². The van der Waals surface area contributed by atoms with Crippen molar-refractivity contribution >= 4 is 15.9 Å². The summed E-state index contributed by atoms with van der Waals surface area (Å²) < 4.78 is 37.2. The number of piperidine rings is 1. The van der Waals surface area contributed by atoms with Crippen LogP contribution in [0.25, 0.3) is 0 Å². The van der Waals surface area contributed by atoms with E-state index < -0.39 is 10.0 Å². The van der Waals surface area contributed by atoms with Gasteiger partial charge >= 0.3 is 0 Å². The molecule has 0 bridgehead atoms. The summed E-state index contributed by atoms with van der Waals surface area (Å²) in [6, 6.07) is 7.80. The lowest BCUT2D eigenvalue weighted by Gasteiger charge is -2.33. The summed E-state index contributed by atoms with van der Waals surface area (Å²) in [7, 11) is -1.66. The Labute approximate surface area is 183 Å². The Bertz CT molecular complexity index is 1020. The smallest absolute Gasteiger partial charge is 0.237 e. The minimum absolute atomic E-state index is 0.0158. The predicted molar refractivity (Wildman–Crippen MR) is 115 cm³/mol. The molecule has 2 aliphatic heterocycles. The van der Waals surface area contributed by atoms with Gasteiger partial charge in [0.1, 0.15) is 11.5 Å². The van der Waals surface area contributed by atoms with Crippen LogP contribution in [0.2, 0.25) is 0 Å². The Morgan fingerprint density at radius 1 is 1.23 bits per heavy atom. The van der Waals surface area contributed by atoms with Crippen molar-refractivity contribution in [2.45, 2.75) is 38.0 Å². The van der Waals surface area contributed by atoms with E-state index in [-0.39, 0.29) is 24.1 Å². The molecule has 0 saturated carbocycles. The average molecular weight is 448 g/mol. The second kappa shape index (κ2) is 9.40. The largest absolute Gasteiger partial charge is 0.496 e. The van der Waals surface area contributed by atoms with Crippen molar-refractivity contribution in [1.29, 1.82) is 0 Å². The molecule has 2 aromatic rings. The molecule has 2 aliphatic rings. The first-order valence-electron chi connectivity index (χ1n) is 10.8. The number of hydrogen-bond acceptors (Lipinski definition) is 6. The number of sulfonamides is 1. The number of carbonyl (C=O) groups excluding carboxylic acids is 1. The van der Waals surface area contributed by atoms with Crippen molar-refractivity contribution in [3.8, 4) is 5.75 Å². The van der Waals surface area contributed by atoms with Gasteiger partial charge in [0.2, 0.25) is 15.9 Å². The van der Waals surface area contributed by atoms with Crippen LogP contribution in [0.1, 0.15) is 48.8 Å². The Hall–Kier alpha value is -2.39. The van der Waals surface area contributed by atoms with Gasteiger partial charge in [0, 0.05) is 31.6 Å². The van der Waals surface area contributed by atoms with Crippen molar-refractivity contribution in [3.05, 3.63) is 47.7 Å². The van der Waals surface area contributed by atoms with Crippen LogP contribution in [-0.4, -0.2) is 67.6 Å². The fraction of sp³-hybridized carbons (Fsp3) is 0.545. The van der Waals surface area contributed by atoms with Gasteiger partial charge in [-0.2, -0.15) is 4.31 Å². The summed E-state index contributed by atoms with van der Waals surface area (Å²) in [6.45, 7) is 1.50. The molecule has 1 atom stereocenters. The minimum Gasteiger partial charge on any atom is -0.496 e. The molecule has 1 unspecified atom stereocenters. The van der Waals surface area contributed by atoms with Gasteiger partial charge in [-0.25, -0.2) is 13.4 Å². The SMILES string of the molecule is COc1ccccc1Cc1cnc(C2CCCN(C(=O)CN3CCCCS3(=O)=O)C2)o1. The molecule has 8 nitrogen and oxygen atoms in total. The zero-order valence-electron chi connectivity index (χ0n) is 17.8. The van der Waals surface area contributed by atoms with Crippen LogP contribution in [0.3, 0.4) is 0 Å². The number of para-hydroxylation sites is 1. The highest BCUT2D eigenvalue weighted by molar-refractivity contribution is 7.89. The summed E-state index contributed by atoms with van der Waals surface area (Å²) in [5.74, 6) is 2.20. The van der Waals surface area contributed by atoms with Gasteiger partial charge in [0.05, 0.1) is 31.5 Å². The quantitative estimate of drug-likeness (QED) is 0.675. The van der Waals surface area contributed by atoms with Gasteiger partial charge in [-0.15, -0.1) is 0 Å². The monoisotopic (exact) mass is 447 g/mol. The molecule has 0 N–H and O–H groups in total. The Balaban J connectivity index is 1.39. The molecule has 3 heterocycles. The highest BCUT2D eigenvalue weighted by atomic mass is 32.2.